The van der Waals surface area contributed by atoms with Gasteiger partial charge in [0.05, 0.1) is 5.92 Å². The van der Waals surface area contributed by atoms with E-state index in [4.69, 9.17) is 0 Å². The summed E-state index contributed by atoms with van der Waals surface area (Å²) in [4.78, 5) is 29.9. The van der Waals surface area contributed by atoms with Gasteiger partial charge in [-0.15, -0.1) is 0 Å². The fourth-order valence-electron chi connectivity index (χ4n) is 4.10. The van der Waals surface area contributed by atoms with E-state index < -0.39 is 0 Å². The smallest absolute Gasteiger partial charge is 0.224 e. The Labute approximate surface area is 175 Å². The number of aromatic nitrogens is 1. The van der Waals surface area contributed by atoms with Gasteiger partial charge >= 0.3 is 0 Å². The van der Waals surface area contributed by atoms with E-state index in [0.717, 1.165) is 17.5 Å². The molecule has 0 aliphatic carbocycles. The molecule has 1 atom stereocenters. The lowest BCUT2D eigenvalue weighted by Gasteiger charge is -2.32. The molecule has 2 aromatic carbocycles. The number of hydrogen-bond acceptors (Lipinski definition) is 2. The standard InChI is InChI=1S/C24H26FN3O2/c25-20-5-3-4-17(14-20)11-13-28-16-19(8-9-23(28)29)24(30)26-12-10-18-15-27-22-7-2-1-6-21(18)22/h1-7,14-15,19,27H,8-13,16H2,(H,26,30)/t19-/m0/s1. The molecule has 3 aromatic rings. The first-order chi connectivity index (χ1) is 14.6. The van der Waals surface area contributed by atoms with E-state index in [1.807, 2.05) is 30.5 Å². The topological polar surface area (TPSA) is 65.2 Å². The van der Waals surface area contributed by atoms with Gasteiger partial charge in [0.2, 0.25) is 11.8 Å². The lowest BCUT2D eigenvalue weighted by atomic mass is 9.96. The minimum atomic E-state index is -0.273. The average molecular weight is 407 g/mol. The van der Waals surface area contributed by atoms with E-state index in [9.17, 15) is 14.0 Å². The largest absolute Gasteiger partial charge is 0.361 e. The van der Waals surface area contributed by atoms with Crippen LogP contribution in [0.3, 0.4) is 0 Å². The summed E-state index contributed by atoms with van der Waals surface area (Å²) in [5, 5.41) is 4.21. The van der Waals surface area contributed by atoms with Gasteiger partial charge in [-0.2, -0.15) is 0 Å². The van der Waals surface area contributed by atoms with Crippen molar-refractivity contribution in [3.05, 3.63) is 71.7 Å². The van der Waals surface area contributed by atoms with Crippen molar-refractivity contribution >= 4 is 22.7 Å². The Morgan fingerprint density at radius 1 is 1.17 bits per heavy atom. The van der Waals surface area contributed by atoms with Gasteiger partial charge in [-0.1, -0.05) is 30.3 Å². The molecular formula is C24H26FN3O2. The Morgan fingerprint density at radius 2 is 2.03 bits per heavy atom. The number of hydrogen-bond donors (Lipinski definition) is 2. The minimum Gasteiger partial charge on any atom is -0.361 e. The van der Waals surface area contributed by atoms with E-state index in [2.05, 4.69) is 16.4 Å². The van der Waals surface area contributed by atoms with Crippen LogP contribution in [0.1, 0.15) is 24.0 Å². The van der Waals surface area contributed by atoms with Gasteiger partial charge in [0.1, 0.15) is 5.82 Å². The third-order valence-corrected chi connectivity index (χ3v) is 5.80. The third-order valence-electron chi connectivity index (χ3n) is 5.80. The molecule has 0 unspecified atom stereocenters. The normalized spacial score (nSPS) is 16.8. The molecule has 2 amide bonds. The molecule has 2 N–H and O–H groups in total. The van der Waals surface area contributed by atoms with Crippen molar-refractivity contribution in [1.82, 2.24) is 15.2 Å². The Hall–Kier alpha value is -3.15. The van der Waals surface area contributed by atoms with Crippen LogP contribution in [0.4, 0.5) is 4.39 Å². The van der Waals surface area contributed by atoms with E-state index >= 15 is 0 Å². The fraction of sp³-hybridized carbons (Fsp3) is 0.333. The highest BCUT2D eigenvalue weighted by atomic mass is 19.1. The molecule has 0 radical (unpaired) electrons. The van der Waals surface area contributed by atoms with Crippen LogP contribution in [0.15, 0.2) is 54.7 Å². The molecule has 1 aliphatic heterocycles. The summed E-state index contributed by atoms with van der Waals surface area (Å²) in [5.74, 6) is -0.407. The van der Waals surface area contributed by atoms with Crippen molar-refractivity contribution in [3.63, 3.8) is 0 Å². The number of amides is 2. The molecule has 1 saturated heterocycles. The fourth-order valence-corrected chi connectivity index (χ4v) is 4.10. The molecule has 30 heavy (non-hydrogen) atoms. The minimum absolute atomic E-state index is 0.00176. The summed E-state index contributed by atoms with van der Waals surface area (Å²) in [5.41, 5.74) is 3.13. The predicted molar refractivity (Wildman–Crippen MR) is 114 cm³/mol. The zero-order valence-corrected chi connectivity index (χ0v) is 16.9. The lowest BCUT2D eigenvalue weighted by molar-refractivity contribution is -0.138. The van der Waals surface area contributed by atoms with Crippen molar-refractivity contribution in [1.29, 1.82) is 0 Å². The molecule has 0 spiro atoms. The number of aromatic amines is 1. The van der Waals surface area contributed by atoms with Crippen LogP contribution in [0.25, 0.3) is 10.9 Å². The van der Waals surface area contributed by atoms with Crippen molar-refractivity contribution < 1.29 is 14.0 Å². The van der Waals surface area contributed by atoms with E-state index in [-0.39, 0.29) is 23.5 Å². The zero-order chi connectivity index (χ0) is 20.9. The lowest BCUT2D eigenvalue weighted by Crippen LogP contribution is -2.46. The van der Waals surface area contributed by atoms with Crippen molar-refractivity contribution in [3.8, 4) is 0 Å². The average Bonchev–Trinajstić information content (AvgIpc) is 3.16. The van der Waals surface area contributed by atoms with Crippen molar-refractivity contribution in [2.75, 3.05) is 19.6 Å². The Morgan fingerprint density at radius 3 is 2.90 bits per heavy atom. The number of benzene rings is 2. The van der Waals surface area contributed by atoms with Crippen LogP contribution < -0.4 is 5.32 Å². The number of carbonyl (C=O) groups is 2. The van der Waals surface area contributed by atoms with Crippen LogP contribution in [0.5, 0.6) is 0 Å². The molecule has 1 fully saturated rings. The molecule has 156 valence electrons. The third kappa shape index (κ3) is 4.70. The number of nitrogens with one attached hydrogen (secondary N) is 2. The molecular weight excluding hydrogens is 381 g/mol. The summed E-state index contributed by atoms with van der Waals surface area (Å²) in [6.07, 6.45) is 4.28. The molecule has 2 heterocycles. The monoisotopic (exact) mass is 407 g/mol. The number of likely N-dealkylation sites (tertiary alicyclic amines) is 1. The maximum Gasteiger partial charge on any atom is 0.224 e. The van der Waals surface area contributed by atoms with Gasteiger partial charge in [0.25, 0.3) is 0 Å². The van der Waals surface area contributed by atoms with Crippen LogP contribution in [-0.2, 0) is 22.4 Å². The maximum absolute atomic E-state index is 13.3. The summed E-state index contributed by atoms with van der Waals surface area (Å²) < 4.78 is 13.3. The Balaban J connectivity index is 1.27. The van der Waals surface area contributed by atoms with E-state index in [1.54, 1.807) is 11.0 Å². The highest BCUT2D eigenvalue weighted by molar-refractivity contribution is 5.84. The number of halogens is 1. The second-order valence-corrected chi connectivity index (χ2v) is 7.86. The number of fused-ring (bicyclic) bond motifs is 1. The van der Waals surface area contributed by atoms with Crippen LogP contribution >= 0.6 is 0 Å². The first-order valence-corrected chi connectivity index (χ1v) is 10.4. The van der Waals surface area contributed by atoms with Crippen LogP contribution in [0.2, 0.25) is 0 Å². The molecule has 1 aromatic heterocycles. The molecule has 0 saturated carbocycles. The molecule has 1 aliphatic rings. The summed E-state index contributed by atoms with van der Waals surface area (Å²) in [6.45, 7) is 1.49. The SMILES string of the molecule is O=C(NCCc1c[nH]c2ccccc12)[C@H]1CCC(=O)N(CCc2cccc(F)c2)C1. The zero-order valence-electron chi connectivity index (χ0n) is 16.9. The number of H-pyrrole nitrogens is 1. The first kappa shape index (κ1) is 20.1. The van der Waals surface area contributed by atoms with Crippen LogP contribution in [-0.4, -0.2) is 41.3 Å². The number of para-hydroxylation sites is 1. The van der Waals surface area contributed by atoms with Gasteiger partial charge in [-0.05, 0) is 48.6 Å². The Kier molecular flexibility index (Phi) is 6.12. The van der Waals surface area contributed by atoms with Gasteiger partial charge in [-0.3, -0.25) is 9.59 Å². The molecule has 5 nitrogen and oxygen atoms in total. The summed E-state index contributed by atoms with van der Waals surface area (Å²) in [7, 11) is 0. The summed E-state index contributed by atoms with van der Waals surface area (Å²) >= 11 is 0. The van der Waals surface area contributed by atoms with Crippen LogP contribution in [0, 0.1) is 11.7 Å². The summed E-state index contributed by atoms with van der Waals surface area (Å²) in [6, 6.07) is 14.5. The second-order valence-electron chi connectivity index (χ2n) is 7.86. The Bertz CT molecular complexity index is 1050. The maximum atomic E-state index is 13.3. The molecule has 0 bridgehead atoms. The highest BCUT2D eigenvalue weighted by Crippen LogP contribution is 2.20. The van der Waals surface area contributed by atoms with Gasteiger partial charge in [0.15, 0.2) is 0 Å². The quantitative estimate of drug-likeness (QED) is 0.630. The number of carbonyl (C=O) groups excluding carboxylic acids is 2. The molecule has 6 heteroatoms. The van der Waals surface area contributed by atoms with Gasteiger partial charge < -0.3 is 15.2 Å². The first-order valence-electron chi connectivity index (χ1n) is 10.4. The van der Waals surface area contributed by atoms with Crippen molar-refractivity contribution in [2.45, 2.75) is 25.7 Å². The second kappa shape index (κ2) is 9.11. The molecule has 4 rings (SSSR count). The highest BCUT2D eigenvalue weighted by Gasteiger charge is 2.29. The number of rotatable bonds is 7. The van der Waals surface area contributed by atoms with Crippen molar-refractivity contribution in [2.24, 2.45) is 5.92 Å². The van der Waals surface area contributed by atoms with Gasteiger partial charge in [0, 0.05) is 43.2 Å². The number of piperidine rings is 1. The van der Waals surface area contributed by atoms with E-state index in [1.165, 1.54) is 23.1 Å². The predicted octanol–water partition coefficient (Wildman–Crippen LogP) is 3.45. The number of nitrogens with zero attached hydrogens (tertiary/aromatic N) is 1. The van der Waals surface area contributed by atoms with E-state index in [0.29, 0.717) is 38.9 Å². The van der Waals surface area contributed by atoms with Gasteiger partial charge in [-0.25, -0.2) is 4.39 Å².